The summed E-state index contributed by atoms with van der Waals surface area (Å²) in [4.78, 5) is 20.1. The standard InChI is InChI=1S/C18H23N3O3/c1-4-7-14-8-6-9-15(17(14)23-5-2)24-12-16(22)21-18-19-11-10-13(3)20-18/h6,8-11H,4-5,7,12H2,1-3H3,(H,19,20,21,22). The minimum Gasteiger partial charge on any atom is -0.490 e. The molecule has 2 rings (SSSR count). The number of nitrogens with zero attached hydrogens (tertiary/aromatic N) is 2. The van der Waals surface area contributed by atoms with E-state index in [-0.39, 0.29) is 18.5 Å². The minimum atomic E-state index is -0.316. The lowest BCUT2D eigenvalue weighted by Crippen LogP contribution is -2.21. The van der Waals surface area contributed by atoms with Gasteiger partial charge in [0.1, 0.15) is 0 Å². The van der Waals surface area contributed by atoms with Gasteiger partial charge in [-0.1, -0.05) is 25.5 Å². The highest BCUT2D eigenvalue weighted by Gasteiger charge is 2.12. The first kappa shape index (κ1) is 17.7. The van der Waals surface area contributed by atoms with E-state index >= 15 is 0 Å². The molecule has 1 heterocycles. The fourth-order valence-corrected chi connectivity index (χ4v) is 2.26. The first-order chi connectivity index (χ1) is 11.6. The van der Waals surface area contributed by atoms with E-state index in [2.05, 4.69) is 22.2 Å². The molecule has 1 aromatic carbocycles. The number of para-hydroxylation sites is 1. The van der Waals surface area contributed by atoms with Gasteiger partial charge in [0.25, 0.3) is 5.91 Å². The first-order valence-corrected chi connectivity index (χ1v) is 8.11. The van der Waals surface area contributed by atoms with Crippen molar-refractivity contribution in [3.63, 3.8) is 0 Å². The molecule has 1 amide bonds. The summed E-state index contributed by atoms with van der Waals surface area (Å²) in [6.07, 6.45) is 3.50. The molecule has 0 atom stereocenters. The molecule has 0 bridgehead atoms. The van der Waals surface area contributed by atoms with E-state index in [4.69, 9.17) is 9.47 Å². The molecule has 2 aromatic rings. The van der Waals surface area contributed by atoms with Crippen LogP contribution in [0.2, 0.25) is 0 Å². The van der Waals surface area contributed by atoms with Gasteiger partial charge in [0.05, 0.1) is 6.61 Å². The molecule has 6 nitrogen and oxygen atoms in total. The van der Waals surface area contributed by atoms with Crippen LogP contribution in [0.1, 0.15) is 31.5 Å². The quantitative estimate of drug-likeness (QED) is 0.805. The third-order valence-electron chi connectivity index (χ3n) is 3.27. The van der Waals surface area contributed by atoms with E-state index < -0.39 is 0 Å². The molecule has 128 valence electrons. The summed E-state index contributed by atoms with van der Waals surface area (Å²) in [5.74, 6) is 1.24. The van der Waals surface area contributed by atoms with Crippen LogP contribution in [0.15, 0.2) is 30.5 Å². The van der Waals surface area contributed by atoms with Crippen LogP contribution in [0.5, 0.6) is 11.5 Å². The maximum atomic E-state index is 12.0. The van der Waals surface area contributed by atoms with Crippen molar-refractivity contribution in [2.75, 3.05) is 18.5 Å². The third-order valence-corrected chi connectivity index (χ3v) is 3.27. The van der Waals surface area contributed by atoms with Crippen molar-refractivity contribution in [3.8, 4) is 11.5 Å². The number of hydrogen-bond acceptors (Lipinski definition) is 5. The predicted molar refractivity (Wildman–Crippen MR) is 92.5 cm³/mol. The molecular formula is C18H23N3O3. The summed E-state index contributed by atoms with van der Waals surface area (Å²) < 4.78 is 11.4. The molecule has 24 heavy (non-hydrogen) atoms. The second-order valence-corrected chi connectivity index (χ2v) is 5.29. The maximum absolute atomic E-state index is 12.0. The van der Waals surface area contributed by atoms with Crippen molar-refractivity contribution in [1.29, 1.82) is 0 Å². The van der Waals surface area contributed by atoms with Crippen molar-refractivity contribution in [1.82, 2.24) is 9.97 Å². The van der Waals surface area contributed by atoms with Gasteiger partial charge in [-0.2, -0.15) is 0 Å². The monoisotopic (exact) mass is 329 g/mol. The van der Waals surface area contributed by atoms with Crippen molar-refractivity contribution >= 4 is 11.9 Å². The summed E-state index contributed by atoms with van der Waals surface area (Å²) in [5, 5.41) is 2.62. The number of carbonyl (C=O) groups is 1. The number of nitrogens with one attached hydrogen (secondary N) is 1. The molecule has 1 aromatic heterocycles. The molecule has 0 fully saturated rings. The van der Waals surface area contributed by atoms with Crippen LogP contribution in [0, 0.1) is 6.92 Å². The van der Waals surface area contributed by atoms with E-state index in [0.717, 1.165) is 24.1 Å². The van der Waals surface area contributed by atoms with Gasteiger partial charge in [-0.3, -0.25) is 10.1 Å². The summed E-state index contributed by atoms with van der Waals surface area (Å²) in [6, 6.07) is 7.49. The predicted octanol–water partition coefficient (Wildman–Crippen LogP) is 3.15. The molecule has 6 heteroatoms. The van der Waals surface area contributed by atoms with Crippen LogP contribution < -0.4 is 14.8 Å². The van der Waals surface area contributed by atoms with Gasteiger partial charge in [-0.05, 0) is 38.0 Å². The lowest BCUT2D eigenvalue weighted by atomic mass is 10.1. The summed E-state index contributed by atoms with van der Waals surface area (Å²) in [6.45, 7) is 6.28. The molecule has 0 saturated carbocycles. The fourth-order valence-electron chi connectivity index (χ4n) is 2.26. The van der Waals surface area contributed by atoms with Crippen molar-refractivity contribution < 1.29 is 14.3 Å². The number of ether oxygens (including phenoxy) is 2. The second-order valence-electron chi connectivity index (χ2n) is 5.29. The first-order valence-electron chi connectivity index (χ1n) is 8.11. The average Bonchev–Trinajstić information content (AvgIpc) is 2.55. The Balaban J connectivity index is 2.02. The molecule has 0 aliphatic heterocycles. The van der Waals surface area contributed by atoms with Gasteiger partial charge in [0, 0.05) is 11.9 Å². The van der Waals surface area contributed by atoms with Crippen LogP contribution in [0.3, 0.4) is 0 Å². The van der Waals surface area contributed by atoms with E-state index in [1.807, 2.05) is 26.0 Å². The number of aryl methyl sites for hydroxylation is 2. The highest BCUT2D eigenvalue weighted by molar-refractivity contribution is 5.90. The molecule has 0 aliphatic carbocycles. The second kappa shape index (κ2) is 8.86. The number of benzene rings is 1. The zero-order valence-corrected chi connectivity index (χ0v) is 14.3. The summed E-state index contributed by atoms with van der Waals surface area (Å²) >= 11 is 0. The Hall–Kier alpha value is -2.63. The van der Waals surface area contributed by atoms with Gasteiger partial charge in [0.2, 0.25) is 5.95 Å². The lowest BCUT2D eigenvalue weighted by Gasteiger charge is -2.15. The topological polar surface area (TPSA) is 73.3 Å². The normalized spacial score (nSPS) is 10.3. The van der Waals surface area contributed by atoms with Crippen molar-refractivity contribution in [2.24, 2.45) is 0 Å². The zero-order chi connectivity index (χ0) is 17.4. The summed E-state index contributed by atoms with van der Waals surface area (Å²) in [7, 11) is 0. The minimum absolute atomic E-state index is 0.132. The Kier molecular flexibility index (Phi) is 6.54. The smallest absolute Gasteiger partial charge is 0.264 e. The number of aromatic nitrogens is 2. The van der Waals surface area contributed by atoms with Crippen LogP contribution in [0.25, 0.3) is 0 Å². The Labute approximate surface area is 142 Å². The average molecular weight is 329 g/mol. The van der Waals surface area contributed by atoms with Crippen LogP contribution in [0.4, 0.5) is 5.95 Å². The number of carbonyl (C=O) groups excluding carboxylic acids is 1. The maximum Gasteiger partial charge on any atom is 0.264 e. The Bertz CT molecular complexity index is 689. The van der Waals surface area contributed by atoms with E-state index in [1.54, 1.807) is 18.3 Å². The van der Waals surface area contributed by atoms with Gasteiger partial charge >= 0.3 is 0 Å². The van der Waals surface area contributed by atoms with Crippen molar-refractivity contribution in [3.05, 3.63) is 41.7 Å². The van der Waals surface area contributed by atoms with Gasteiger partial charge < -0.3 is 9.47 Å². The molecule has 0 radical (unpaired) electrons. The van der Waals surface area contributed by atoms with Gasteiger partial charge in [0.15, 0.2) is 18.1 Å². The van der Waals surface area contributed by atoms with Gasteiger partial charge in [-0.15, -0.1) is 0 Å². The van der Waals surface area contributed by atoms with E-state index in [1.165, 1.54) is 0 Å². The highest BCUT2D eigenvalue weighted by Crippen LogP contribution is 2.32. The molecule has 0 saturated heterocycles. The largest absolute Gasteiger partial charge is 0.490 e. The molecule has 0 aliphatic rings. The molecule has 0 unspecified atom stereocenters. The third kappa shape index (κ3) is 4.94. The lowest BCUT2D eigenvalue weighted by molar-refractivity contribution is -0.118. The van der Waals surface area contributed by atoms with Crippen LogP contribution in [-0.4, -0.2) is 29.1 Å². The Morgan fingerprint density at radius 2 is 2.04 bits per heavy atom. The van der Waals surface area contributed by atoms with Crippen molar-refractivity contribution in [2.45, 2.75) is 33.6 Å². The Morgan fingerprint density at radius 3 is 2.75 bits per heavy atom. The molecular weight excluding hydrogens is 306 g/mol. The van der Waals surface area contributed by atoms with Crippen LogP contribution >= 0.6 is 0 Å². The SMILES string of the molecule is CCCc1cccc(OCC(=O)Nc2nccc(C)n2)c1OCC. The Morgan fingerprint density at radius 1 is 1.21 bits per heavy atom. The number of hydrogen-bond donors (Lipinski definition) is 1. The number of rotatable bonds is 8. The number of amides is 1. The van der Waals surface area contributed by atoms with E-state index in [0.29, 0.717) is 18.1 Å². The van der Waals surface area contributed by atoms with E-state index in [9.17, 15) is 4.79 Å². The zero-order valence-electron chi connectivity index (χ0n) is 14.3. The summed E-state index contributed by atoms with van der Waals surface area (Å²) in [5.41, 5.74) is 1.87. The highest BCUT2D eigenvalue weighted by atomic mass is 16.5. The molecule has 1 N–H and O–H groups in total. The molecule has 0 spiro atoms. The van der Waals surface area contributed by atoms with Gasteiger partial charge in [-0.25, -0.2) is 9.97 Å². The fraction of sp³-hybridized carbons (Fsp3) is 0.389. The number of anilines is 1. The van der Waals surface area contributed by atoms with Crippen LogP contribution in [-0.2, 0) is 11.2 Å².